The summed E-state index contributed by atoms with van der Waals surface area (Å²) in [5.41, 5.74) is 3.22. The van der Waals surface area contributed by atoms with Gasteiger partial charge in [0.15, 0.2) is 5.79 Å². The molecule has 0 aliphatic carbocycles. The van der Waals surface area contributed by atoms with Gasteiger partial charge in [0.1, 0.15) is 0 Å². The van der Waals surface area contributed by atoms with Crippen LogP contribution in [-0.2, 0) is 9.47 Å². The van der Waals surface area contributed by atoms with Crippen molar-refractivity contribution in [1.29, 1.82) is 0 Å². The van der Waals surface area contributed by atoms with E-state index in [4.69, 9.17) is 9.47 Å². The number of urea groups is 1. The van der Waals surface area contributed by atoms with Crippen LogP contribution in [0.3, 0.4) is 0 Å². The highest BCUT2D eigenvalue weighted by molar-refractivity contribution is 5.91. The number of carbonyl (C=O) groups excluding carboxylic acids is 1. The molecule has 126 valence electrons. The highest BCUT2D eigenvalue weighted by atomic mass is 16.7. The molecule has 0 atom stereocenters. The Morgan fingerprint density at radius 1 is 1.22 bits per heavy atom. The van der Waals surface area contributed by atoms with E-state index in [2.05, 4.69) is 25.2 Å². The number of piperidine rings is 1. The molecule has 0 bridgehead atoms. The van der Waals surface area contributed by atoms with Crippen LogP contribution in [0.25, 0.3) is 0 Å². The number of amides is 2. The van der Waals surface area contributed by atoms with Crippen LogP contribution < -0.4 is 5.32 Å². The van der Waals surface area contributed by atoms with Gasteiger partial charge >= 0.3 is 6.03 Å². The van der Waals surface area contributed by atoms with Crippen molar-refractivity contribution in [2.45, 2.75) is 45.3 Å². The highest BCUT2D eigenvalue weighted by Crippen LogP contribution is 2.32. The molecule has 2 fully saturated rings. The number of hydrogen-bond donors (Lipinski definition) is 1. The smallest absolute Gasteiger partial charge is 0.321 e. The largest absolute Gasteiger partial charge is 0.347 e. The molecule has 2 aliphatic heterocycles. The number of aryl methyl sites for hydroxylation is 1. The minimum atomic E-state index is -0.442. The van der Waals surface area contributed by atoms with Crippen molar-refractivity contribution in [3.63, 3.8) is 0 Å². The summed E-state index contributed by atoms with van der Waals surface area (Å²) in [5, 5.41) is 3.11. The van der Waals surface area contributed by atoms with Gasteiger partial charge in [-0.2, -0.15) is 0 Å². The fraction of sp³-hybridized carbons (Fsp3) is 0.611. The summed E-state index contributed by atoms with van der Waals surface area (Å²) in [6.07, 6.45) is 1.48. The second-order valence-electron chi connectivity index (χ2n) is 6.72. The van der Waals surface area contributed by atoms with Gasteiger partial charge in [-0.15, -0.1) is 0 Å². The van der Waals surface area contributed by atoms with Gasteiger partial charge in [0.2, 0.25) is 0 Å². The summed E-state index contributed by atoms with van der Waals surface area (Å²) in [7, 11) is 0. The average molecular weight is 318 g/mol. The van der Waals surface area contributed by atoms with Crippen molar-refractivity contribution in [3.05, 3.63) is 29.3 Å². The first-order chi connectivity index (χ1) is 11.0. The maximum absolute atomic E-state index is 12.6. The molecule has 1 spiro atoms. The first-order valence-corrected chi connectivity index (χ1v) is 8.44. The van der Waals surface area contributed by atoms with Crippen LogP contribution in [0, 0.1) is 6.92 Å². The fourth-order valence-electron chi connectivity index (χ4n) is 3.36. The number of carbonyl (C=O) groups is 1. The topological polar surface area (TPSA) is 50.8 Å². The Labute approximate surface area is 137 Å². The Morgan fingerprint density at radius 3 is 2.48 bits per heavy atom. The first-order valence-electron chi connectivity index (χ1n) is 8.44. The zero-order chi connectivity index (χ0) is 16.4. The summed E-state index contributed by atoms with van der Waals surface area (Å²) in [6.45, 7) is 8.96. The van der Waals surface area contributed by atoms with Crippen molar-refractivity contribution < 1.29 is 14.3 Å². The maximum Gasteiger partial charge on any atom is 0.321 e. The summed E-state index contributed by atoms with van der Waals surface area (Å²) in [5.74, 6) is -0.0715. The summed E-state index contributed by atoms with van der Waals surface area (Å²) in [4.78, 5) is 14.5. The minimum absolute atomic E-state index is 0.0333. The van der Waals surface area contributed by atoms with E-state index in [9.17, 15) is 4.79 Å². The van der Waals surface area contributed by atoms with Crippen molar-refractivity contribution in [2.75, 3.05) is 31.6 Å². The Hall–Kier alpha value is -1.59. The van der Waals surface area contributed by atoms with Crippen LogP contribution >= 0.6 is 0 Å². The quantitative estimate of drug-likeness (QED) is 0.908. The van der Waals surface area contributed by atoms with Crippen LogP contribution in [0.15, 0.2) is 18.2 Å². The predicted octanol–water partition coefficient (Wildman–Crippen LogP) is 3.49. The second kappa shape index (κ2) is 6.49. The molecule has 0 radical (unpaired) electrons. The van der Waals surface area contributed by atoms with Gasteiger partial charge in [-0.3, -0.25) is 0 Å². The number of likely N-dealkylation sites (tertiary alicyclic amines) is 1. The lowest BCUT2D eigenvalue weighted by Crippen LogP contribution is -2.48. The monoisotopic (exact) mass is 318 g/mol. The lowest BCUT2D eigenvalue weighted by molar-refractivity contribution is -0.181. The van der Waals surface area contributed by atoms with Gasteiger partial charge in [0.05, 0.1) is 13.2 Å². The predicted molar refractivity (Wildman–Crippen MR) is 89.7 cm³/mol. The zero-order valence-electron chi connectivity index (χ0n) is 14.2. The molecule has 3 rings (SSSR count). The number of rotatable bonds is 2. The van der Waals surface area contributed by atoms with E-state index in [1.807, 2.05) is 24.0 Å². The average Bonchev–Trinajstić information content (AvgIpc) is 2.98. The van der Waals surface area contributed by atoms with E-state index in [-0.39, 0.29) is 6.03 Å². The molecule has 5 heteroatoms. The normalized spacial score (nSPS) is 20.3. The molecule has 2 heterocycles. The Bertz CT molecular complexity index is 570. The number of para-hydroxylation sites is 1. The molecule has 2 amide bonds. The van der Waals surface area contributed by atoms with Crippen molar-refractivity contribution in [3.8, 4) is 0 Å². The molecule has 0 unspecified atom stereocenters. The Morgan fingerprint density at radius 2 is 1.87 bits per heavy atom. The van der Waals surface area contributed by atoms with Gasteiger partial charge in [0, 0.05) is 31.6 Å². The van der Waals surface area contributed by atoms with Crippen molar-refractivity contribution >= 4 is 11.7 Å². The summed E-state index contributed by atoms with van der Waals surface area (Å²) in [6, 6.07) is 6.12. The molecular formula is C18H26N2O3. The van der Waals surface area contributed by atoms with E-state index in [0.29, 0.717) is 32.2 Å². The second-order valence-corrected chi connectivity index (χ2v) is 6.72. The Balaban J connectivity index is 1.66. The lowest BCUT2D eigenvalue weighted by Gasteiger charge is -2.37. The standard InChI is InChI=1S/C18H26N2O3/c1-13(2)15-6-4-5-14(3)16(15)19-17(21)20-9-7-18(8-10-20)22-11-12-23-18/h4-6,13H,7-12H2,1-3H3,(H,19,21). The number of anilines is 1. The number of hydrogen-bond acceptors (Lipinski definition) is 3. The van der Waals surface area contributed by atoms with Crippen molar-refractivity contribution in [2.24, 2.45) is 0 Å². The van der Waals surface area contributed by atoms with Gasteiger partial charge in [-0.05, 0) is 24.0 Å². The molecule has 1 aromatic carbocycles. The van der Waals surface area contributed by atoms with Crippen LogP contribution in [0.1, 0.15) is 43.7 Å². The maximum atomic E-state index is 12.6. The van der Waals surface area contributed by atoms with Gasteiger partial charge in [0.25, 0.3) is 0 Å². The van der Waals surface area contributed by atoms with Gasteiger partial charge < -0.3 is 19.7 Å². The molecule has 0 saturated carbocycles. The van der Waals surface area contributed by atoms with Crippen LogP contribution in [0.2, 0.25) is 0 Å². The van der Waals surface area contributed by atoms with Gasteiger partial charge in [-0.1, -0.05) is 32.0 Å². The van der Waals surface area contributed by atoms with Gasteiger partial charge in [-0.25, -0.2) is 4.79 Å². The molecule has 23 heavy (non-hydrogen) atoms. The van der Waals surface area contributed by atoms with E-state index < -0.39 is 5.79 Å². The molecule has 2 aliphatic rings. The van der Waals surface area contributed by atoms with E-state index >= 15 is 0 Å². The first kappa shape index (κ1) is 16.3. The van der Waals surface area contributed by atoms with E-state index in [1.165, 1.54) is 5.56 Å². The molecular weight excluding hydrogens is 292 g/mol. The number of nitrogens with zero attached hydrogens (tertiary/aromatic N) is 1. The third-order valence-electron chi connectivity index (χ3n) is 4.78. The molecule has 5 nitrogen and oxygen atoms in total. The summed E-state index contributed by atoms with van der Waals surface area (Å²) >= 11 is 0. The van der Waals surface area contributed by atoms with E-state index in [1.54, 1.807) is 0 Å². The number of benzene rings is 1. The van der Waals surface area contributed by atoms with Crippen LogP contribution in [0.5, 0.6) is 0 Å². The fourth-order valence-corrected chi connectivity index (χ4v) is 3.36. The Kier molecular flexibility index (Phi) is 4.60. The van der Waals surface area contributed by atoms with Crippen molar-refractivity contribution in [1.82, 2.24) is 4.90 Å². The van der Waals surface area contributed by atoms with Crippen LogP contribution in [0.4, 0.5) is 10.5 Å². The molecule has 0 aromatic heterocycles. The lowest BCUT2D eigenvalue weighted by atomic mass is 9.98. The summed E-state index contributed by atoms with van der Waals surface area (Å²) < 4.78 is 11.4. The molecule has 1 N–H and O–H groups in total. The molecule has 1 aromatic rings. The SMILES string of the molecule is Cc1cccc(C(C)C)c1NC(=O)N1CCC2(CC1)OCCO2. The third-order valence-corrected chi connectivity index (χ3v) is 4.78. The zero-order valence-corrected chi connectivity index (χ0v) is 14.2. The van der Waals surface area contributed by atoms with E-state index in [0.717, 1.165) is 24.1 Å². The van der Waals surface area contributed by atoms with Crippen LogP contribution in [-0.4, -0.2) is 43.0 Å². The number of ether oxygens (including phenoxy) is 2. The minimum Gasteiger partial charge on any atom is -0.347 e. The molecule has 2 saturated heterocycles. The third kappa shape index (κ3) is 3.35. The highest BCUT2D eigenvalue weighted by Gasteiger charge is 2.40. The number of nitrogens with one attached hydrogen (secondary N) is 1.